The van der Waals surface area contributed by atoms with Crippen molar-refractivity contribution in [1.82, 2.24) is 4.57 Å². The van der Waals surface area contributed by atoms with Gasteiger partial charge in [-0.1, -0.05) is 41.4 Å². The number of hydrogen-bond acceptors (Lipinski definition) is 2. The van der Waals surface area contributed by atoms with Crippen molar-refractivity contribution in [1.29, 1.82) is 0 Å². The van der Waals surface area contributed by atoms with Gasteiger partial charge in [0, 0.05) is 33.7 Å². The lowest BCUT2D eigenvalue weighted by molar-refractivity contribution is -0.263. The van der Waals surface area contributed by atoms with Crippen molar-refractivity contribution in [2.45, 2.75) is 13.5 Å². The molecule has 0 spiro atoms. The van der Waals surface area contributed by atoms with Crippen molar-refractivity contribution in [3.8, 4) is 0 Å². The lowest BCUT2D eigenvalue weighted by atomic mass is 10.1. The highest BCUT2D eigenvalue weighted by atomic mass is 35.5. The van der Waals surface area contributed by atoms with Crippen LogP contribution in [0, 0.1) is 12.7 Å². The van der Waals surface area contributed by atoms with Crippen LogP contribution in [0.15, 0.2) is 42.6 Å². The van der Waals surface area contributed by atoms with Crippen molar-refractivity contribution in [3.63, 3.8) is 0 Å². The van der Waals surface area contributed by atoms with Crippen molar-refractivity contribution in [2.75, 3.05) is 13.7 Å². The Bertz CT molecular complexity index is 966. The Morgan fingerprint density at radius 2 is 2.00 bits per heavy atom. The summed E-state index contributed by atoms with van der Waals surface area (Å²) in [6, 6.07) is 8.49. The van der Waals surface area contributed by atoms with Gasteiger partial charge in [0.05, 0.1) is 12.6 Å². The van der Waals surface area contributed by atoms with Gasteiger partial charge in [0.2, 0.25) is 0 Å². The molecule has 0 unspecified atom stereocenters. The maximum Gasteiger partial charge on any atom is 0.124 e. The second kappa shape index (κ2) is 8.23. The predicted octanol–water partition coefficient (Wildman–Crippen LogP) is 6.04. The summed E-state index contributed by atoms with van der Waals surface area (Å²) in [7, 11) is 1.44. The van der Waals surface area contributed by atoms with Gasteiger partial charge in [-0.2, -0.15) is 0 Å². The van der Waals surface area contributed by atoms with E-state index < -0.39 is 0 Å². The quantitative estimate of drug-likeness (QED) is 0.289. The summed E-state index contributed by atoms with van der Waals surface area (Å²) >= 11 is 12.3. The van der Waals surface area contributed by atoms with Crippen LogP contribution in [-0.2, 0) is 16.3 Å². The number of fused-ring (bicyclic) bond motifs is 1. The minimum Gasteiger partial charge on any atom is -0.342 e. The summed E-state index contributed by atoms with van der Waals surface area (Å²) < 4.78 is 16.1. The van der Waals surface area contributed by atoms with Crippen LogP contribution in [0.2, 0.25) is 10.0 Å². The van der Waals surface area contributed by atoms with E-state index in [1.54, 1.807) is 18.2 Å². The van der Waals surface area contributed by atoms with Crippen LogP contribution in [0.4, 0.5) is 4.39 Å². The summed E-state index contributed by atoms with van der Waals surface area (Å²) in [5.74, 6) is -0.282. The summed E-state index contributed by atoms with van der Waals surface area (Å²) in [6.07, 6.45) is 5.60. The van der Waals surface area contributed by atoms with E-state index >= 15 is 0 Å². The first kappa shape index (κ1) is 18.9. The number of nitrogens with zero attached hydrogens (tertiary/aromatic N) is 1. The lowest BCUT2D eigenvalue weighted by Gasteiger charge is -2.10. The van der Waals surface area contributed by atoms with Crippen LogP contribution in [0.5, 0.6) is 0 Å². The maximum absolute atomic E-state index is 14.1. The van der Waals surface area contributed by atoms with Crippen LogP contribution < -0.4 is 0 Å². The lowest BCUT2D eigenvalue weighted by Crippen LogP contribution is -2.00. The maximum atomic E-state index is 14.1. The van der Waals surface area contributed by atoms with Crippen LogP contribution in [-0.4, -0.2) is 18.3 Å². The average molecular weight is 394 g/mol. The van der Waals surface area contributed by atoms with E-state index in [0.717, 1.165) is 27.6 Å². The molecule has 0 saturated carbocycles. The molecule has 0 aliphatic rings. The Morgan fingerprint density at radius 1 is 1.19 bits per heavy atom. The summed E-state index contributed by atoms with van der Waals surface area (Å²) in [6.45, 7) is 2.79. The molecule has 0 atom stereocenters. The molecule has 0 amide bonds. The van der Waals surface area contributed by atoms with E-state index in [4.69, 9.17) is 28.1 Å². The Hall–Kier alpha value is -1.85. The van der Waals surface area contributed by atoms with E-state index in [0.29, 0.717) is 16.6 Å². The Balaban J connectivity index is 2.06. The fourth-order valence-electron chi connectivity index (χ4n) is 2.98. The van der Waals surface area contributed by atoms with Crippen molar-refractivity contribution >= 4 is 40.2 Å². The van der Waals surface area contributed by atoms with Crippen molar-refractivity contribution in [3.05, 3.63) is 75.2 Å². The molecule has 26 heavy (non-hydrogen) atoms. The smallest absolute Gasteiger partial charge is 0.124 e. The van der Waals surface area contributed by atoms with E-state index in [1.165, 1.54) is 13.2 Å². The molecule has 0 fully saturated rings. The van der Waals surface area contributed by atoms with Gasteiger partial charge in [0.15, 0.2) is 0 Å². The van der Waals surface area contributed by atoms with E-state index in [-0.39, 0.29) is 12.4 Å². The third-order valence-electron chi connectivity index (χ3n) is 4.10. The van der Waals surface area contributed by atoms with Crippen LogP contribution in [0.1, 0.15) is 16.7 Å². The number of aryl methyl sites for hydroxylation is 1. The third-order valence-corrected chi connectivity index (χ3v) is 4.69. The van der Waals surface area contributed by atoms with Gasteiger partial charge in [0.25, 0.3) is 0 Å². The largest absolute Gasteiger partial charge is 0.342 e. The zero-order chi connectivity index (χ0) is 18.7. The second-order valence-electron chi connectivity index (χ2n) is 5.92. The van der Waals surface area contributed by atoms with Gasteiger partial charge >= 0.3 is 0 Å². The molecule has 0 radical (unpaired) electrons. The van der Waals surface area contributed by atoms with Crippen molar-refractivity contribution < 1.29 is 14.2 Å². The highest BCUT2D eigenvalue weighted by Gasteiger charge is 2.12. The van der Waals surface area contributed by atoms with E-state index in [9.17, 15) is 4.39 Å². The molecule has 136 valence electrons. The number of halogens is 3. The Kier molecular flexibility index (Phi) is 5.99. The molecule has 0 bridgehead atoms. The number of benzene rings is 2. The third kappa shape index (κ3) is 4.10. The molecule has 0 aliphatic carbocycles. The van der Waals surface area contributed by atoms with Gasteiger partial charge in [0.1, 0.15) is 12.4 Å². The molecule has 2 aromatic carbocycles. The van der Waals surface area contributed by atoms with Gasteiger partial charge in [-0.25, -0.2) is 14.2 Å². The number of rotatable bonds is 6. The second-order valence-corrected chi connectivity index (χ2v) is 6.76. The van der Waals surface area contributed by atoms with Gasteiger partial charge in [-0.3, -0.25) is 0 Å². The Labute approximate surface area is 161 Å². The number of hydrogen-bond donors (Lipinski definition) is 0. The average Bonchev–Trinajstić information content (AvgIpc) is 2.90. The van der Waals surface area contributed by atoms with Gasteiger partial charge < -0.3 is 4.57 Å². The SMILES string of the molecule is COOC/C=C/c1cc(F)cc2c(C)cn(Cc3ccc(Cl)cc3Cl)c12. The highest BCUT2D eigenvalue weighted by Crippen LogP contribution is 2.29. The predicted molar refractivity (Wildman–Crippen MR) is 104 cm³/mol. The minimum absolute atomic E-state index is 0.275. The first-order valence-corrected chi connectivity index (χ1v) is 8.80. The monoisotopic (exact) mass is 393 g/mol. The fourth-order valence-corrected chi connectivity index (χ4v) is 3.45. The molecule has 3 rings (SSSR count). The first-order valence-electron chi connectivity index (χ1n) is 8.04. The summed E-state index contributed by atoms with van der Waals surface area (Å²) in [4.78, 5) is 9.40. The van der Waals surface area contributed by atoms with Crippen LogP contribution >= 0.6 is 23.2 Å². The molecular weight excluding hydrogens is 376 g/mol. The Morgan fingerprint density at radius 3 is 2.73 bits per heavy atom. The first-order chi connectivity index (χ1) is 12.5. The molecule has 0 saturated heterocycles. The van der Waals surface area contributed by atoms with Gasteiger partial charge in [-0.15, -0.1) is 0 Å². The highest BCUT2D eigenvalue weighted by molar-refractivity contribution is 6.35. The molecule has 1 aromatic heterocycles. The molecule has 3 aromatic rings. The van der Waals surface area contributed by atoms with E-state index in [2.05, 4.69) is 9.45 Å². The normalized spacial score (nSPS) is 11.7. The van der Waals surface area contributed by atoms with Crippen LogP contribution in [0.3, 0.4) is 0 Å². The van der Waals surface area contributed by atoms with Crippen molar-refractivity contribution in [2.24, 2.45) is 0 Å². The molecular formula is C20H18Cl2FNO2. The molecule has 6 heteroatoms. The molecule has 3 nitrogen and oxygen atoms in total. The summed E-state index contributed by atoms with van der Waals surface area (Å²) in [5, 5.41) is 2.06. The zero-order valence-corrected chi connectivity index (χ0v) is 15.9. The molecule has 0 aliphatic heterocycles. The summed E-state index contributed by atoms with van der Waals surface area (Å²) in [5.41, 5.74) is 3.63. The standard InChI is InChI=1S/C20H18Cl2FNO2/c1-13-11-24(12-15-5-6-16(21)9-19(15)22)20-14(4-3-7-26-25-2)8-17(23)10-18(13)20/h3-6,8-11H,7,12H2,1-2H3/b4-3+. The van der Waals surface area contributed by atoms with Crippen LogP contribution in [0.25, 0.3) is 17.0 Å². The van der Waals surface area contributed by atoms with Gasteiger partial charge in [-0.05, 0) is 42.3 Å². The van der Waals surface area contributed by atoms with E-state index in [1.807, 2.05) is 31.3 Å². The molecule has 1 heterocycles. The number of aromatic nitrogens is 1. The molecule has 0 N–H and O–H groups in total. The zero-order valence-electron chi connectivity index (χ0n) is 14.4. The fraction of sp³-hybridized carbons (Fsp3) is 0.200. The minimum atomic E-state index is -0.282. The topological polar surface area (TPSA) is 23.4 Å².